The monoisotopic (exact) mass is 406 g/mol. The van der Waals surface area contributed by atoms with Crippen LogP contribution in [0.15, 0.2) is 56.8 Å². The summed E-state index contributed by atoms with van der Waals surface area (Å²) in [5.41, 5.74) is 0.948. The molecule has 0 aliphatic carbocycles. The van der Waals surface area contributed by atoms with Crippen LogP contribution in [0.2, 0.25) is 0 Å². The first kappa shape index (κ1) is 16.7. The highest BCUT2D eigenvalue weighted by Crippen LogP contribution is 2.34. The molecule has 24 heavy (non-hydrogen) atoms. The number of nitrogens with zero attached hydrogens (tertiary/aromatic N) is 2. The minimum atomic E-state index is -0.439. The Kier molecular flexibility index (Phi) is 4.73. The summed E-state index contributed by atoms with van der Waals surface area (Å²) < 4.78 is 14.3. The number of aromatic hydroxyl groups is 1. The average Bonchev–Trinajstić information content (AvgIpc) is 2.81. The van der Waals surface area contributed by atoms with Crippen LogP contribution in [0, 0.1) is 5.82 Å². The maximum atomic E-state index is 13.7. The van der Waals surface area contributed by atoms with E-state index in [1.165, 1.54) is 22.7 Å². The molecule has 0 radical (unpaired) electrons. The summed E-state index contributed by atoms with van der Waals surface area (Å²) in [6, 6.07) is 11.1. The summed E-state index contributed by atoms with van der Waals surface area (Å²) in [6.45, 7) is 0. The molecule has 1 N–H and O–H groups in total. The molecule has 0 unspecified atom stereocenters. The number of carbonyl (C=O) groups excluding carboxylic acids is 1. The van der Waals surface area contributed by atoms with E-state index in [0.717, 1.165) is 5.56 Å². The molecule has 7 heteroatoms. The minimum absolute atomic E-state index is 0.126. The Morgan fingerprint density at radius 1 is 1.29 bits per heavy atom. The van der Waals surface area contributed by atoms with Crippen molar-refractivity contribution in [2.24, 2.45) is 4.99 Å². The summed E-state index contributed by atoms with van der Waals surface area (Å²) in [6.07, 6.45) is 1.71. The van der Waals surface area contributed by atoms with E-state index in [2.05, 4.69) is 20.9 Å². The van der Waals surface area contributed by atoms with Crippen molar-refractivity contribution < 1.29 is 14.3 Å². The number of rotatable bonds is 2. The highest BCUT2D eigenvalue weighted by atomic mass is 79.9. The van der Waals surface area contributed by atoms with Gasteiger partial charge in [-0.3, -0.25) is 9.69 Å². The molecule has 122 valence electrons. The van der Waals surface area contributed by atoms with Gasteiger partial charge in [0.15, 0.2) is 5.17 Å². The van der Waals surface area contributed by atoms with Crippen molar-refractivity contribution >= 4 is 50.5 Å². The first-order valence-electron chi connectivity index (χ1n) is 6.95. The number of phenolic OH excluding ortho intramolecular Hbond substituents is 1. The van der Waals surface area contributed by atoms with Crippen LogP contribution in [-0.4, -0.2) is 28.1 Å². The fourth-order valence-electron chi connectivity index (χ4n) is 2.06. The number of thioether (sulfide) groups is 1. The third-order valence-electron chi connectivity index (χ3n) is 3.34. The number of likely N-dealkylation sites (N-methyl/N-ethyl adjacent to an activating group) is 1. The van der Waals surface area contributed by atoms with Crippen molar-refractivity contribution in [3.63, 3.8) is 0 Å². The highest BCUT2D eigenvalue weighted by molar-refractivity contribution is 9.10. The summed E-state index contributed by atoms with van der Waals surface area (Å²) in [7, 11) is 1.60. The molecule has 1 fully saturated rings. The molecule has 4 nitrogen and oxygen atoms in total. The number of aliphatic imine (C=N–C) groups is 1. The predicted octanol–water partition coefficient (Wildman–Crippen LogP) is 4.53. The molecule has 1 amide bonds. The summed E-state index contributed by atoms with van der Waals surface area (Å²) in [5, 5.41) is 9.94. The zero-order chi connectivity index (χ0) is 17.3. The molecule has 1 aliphatic heterocycles. The number of hydrogen-bond donors (Lipinski definition) is 1. The van der Waals surface area contributed by atoms with Crippen molar-refractivity contribution in [3.05, 3.63) is 63.2 Å². The van der Waals surface area contributed by atoms with Crippen LogP contribution in [0.4, 0.5) is 10.1 Å². The number of carbonyl (C=O) groups is 1. The molecule has 3 rings (SSSR count). The number of para-hydroxylation sites is 1. The van der Waals surface area contributed by atoms with Gasteiger partial charge in [0.05, 0.1) is 9.38 Å². The Bertz CT molecular complexity index is 883. The van der Waals surface area contributed by atoms with Crippen molar-refractivity contribution in [2.45, 2.75) is 0 Å². The molecule has 2 aromatic carbocycles. The van der Waals surface area contributed by atoms with E-state index < -0.39 is 5.82 Å². The molecule has 1 aliphatic rings. The van der Waals surface area contributed by atoms with Crippen molar-refractivity contribution in [2.75, 3.05) is 7.05 Å². The smallest absolute Gasteiger partial charge is 0.266 e. The van der Waals surface area contributed by atoms with Gasteiger partial charge in [-0.2, -0.15) is 0 Å². The van der Waals surface area contributed by atoms with Gasteiger partial charge in [0.25, 0.3) is 5.91 Å². The second-order valence-corrected chi connectivity index (χ2v) is 6.89. The number of hydrogen-bond acceptors (Lipinski definition) is 4. The van der Waals surface area contributed by atoms with Crippen LogP contribution >= 0.6 is 27.7 Å². The van der Waals surface area contributed by atoms with E-state index in [0.29, 0.717) is 14.5 Å². The Morgan fingerprint density at radius 3 is 2.75 bits per heavy atom. The predicted molar refractivity (Wildman–Crippen MR) is 97.6 cm³/mol. The fourth-order valence-corrected chi connectivity index (χ4v) is 3.44. The molecule has 1 saturated heterocycles. The van der Waals surface area contributed by atoms with Crippen LogP contribution in [0.1, 0.15) is 5.56 Å². The Hall–Kier alpha value is -2.12. The first-order chi connectivity index (χ1) is 11.5. The van der Waals surface area contributed by atoms with Gasteiger partial charge in [-0.25, -0.2) is 9.38 Å². The second-order valence-electron chi connectivity index (χ2n) is 5.03. The van der Waals surface area contributed by atoms with Gasteiger partial charge in [-0.15, -0.1) is 0 Å². The van der Waals surface area contributed by atoms with Gasteiger partial charge in [0.1, 0.15) is 17.3 Å². The summed E-state index contributed by atoms with van der Waals surface area (Å²) >= 11 is 4.42. The largest absolute Gasteiger partial charge is 0.507 e. The van der Waals surface area contributed by atoms with Gasteiger partial charge in [0.2, 0.25) is 0 Å². The van der Waals surface area contributed by atoms with Crippen molar-refractivity contribution in [3.8, 4) is 5.75 Å². The number of benzene rings is 2. The van der Waals surface area contributed by atoms with Crippen LogP contribution < -0.4 is 0 Å². The van der Waals surface area contributed by atoms with E-state index in [1.807, 2.05) is 0 Å². The molecule has 2 aromatic rings. The summed E-state index contributed by atoms with van der Waals surface area (Å²) in [5.74, 6) is -0.521. The lowest BCUT2D eigenvalue weighted by atomic mass is 10.2. The van der Waals surface area contributed by atoms with Gasteiger partial charge in [-0.1, -0.05) is 18.2 Å². The van der Waals surface area contributed by atoms with Gasteiger partial charge in [-0.05, 0) is 63.6 Å². The molecule has 0 bridgehead atoms. The zero-order valence-corrected chi connectivity index (χ0v) is 14.9. The third kappa shape index (κ3) is 3.37. The van der Waals surface area contributed by atoms with Gasteiger partial charge < -0.3 is 5.11 Å². The van der Waals surface area contributed by atoms with Gasteiger partial charge in [0, 0.05) is 7.05 Å². The highest BCUT2D eigenvalue weighted by Gasteiger charge is 2.30. The quantitative estimate of drug-likeness (QED) is 0.745. The standard InChI is InChI=1S/C17H12BrFN2O2S/c1-21-16(23)15(9-10-6-7-14(22)11(18)8-10)24-17(21)20-13-5-3-2-4-12(13)19/h2-9,22H,1H3/b15-9+,20-17?. The zero-order valence-electron chi connectivity index (χ0n) is 12.5. The maximum absolute atomic E-state index is 13.7. The SMILES string of the molecule is CN1C(=O)/C(=C\c2ccc(O)c(Br)c2)SC1=Nc1ccccc1F. The molecule has 0 saturated carbocycles. The van der Waals surface area contributed by atoms with Crippen LogP contribution in [-0.2, 0) is 4.79 Å². The Morgan fingerprint density at radius 2 is 2.04 bits per heavy atom. The first-order valence-corrected chi connectivity index (χ1v) is 8.56. The van der Waals surface area contributed by atoms with Crippen LogP contribution in [0.5, 0.6) is 5.75 Å². The molecular formula is C17H12BrFN2O2S. The van der Waals surface area contributed by atoms with E-state index in [1.54, 1.807) is 49.5 Å². The third-order valence-corrected chi connectivity index (χ3v) is 5.04. The number of amides is 1. The Balaban J connectivity index is 1.93. The lowest BCUT2D eigenvalue weighted by Gasteiger charge is -2.07. The number of amidine groups is 1. The number of phenols is 1. The normalized spacial score (nSPS) is 18.0. The fraction of sp³-hybridized carbons (Fsp3) is 0.0588. The van der Waals surface area contributed by atoms with E-state index >= 15 is 0 Å². The molecule has 1 heterocycles. The lowest BCUT2D eigenvalue weighted by molar-refractivity contribution is -0.121. The van der Waals surface area contributed by atoms with E-state index in [4.69, 9.17) is 0 Å². The Labute approximate surface area is 150 Å². The number of halogens is 2. The molecule has 0 atom stereocenters. The van der Waals surface area contributed by atoms with Crippen LogP contribution in [0.3, 0.4) is 0 Å². The lowest BCUT2D eigenvalue weighted by Crippen LogP contribution is -2.23. The second kappa shape index (κ2) is 6.78. The minimum Gasteiger partial charge on any atom is -0.507 e. The van der Waals surface area contributed by atoms with Gasteiger partial charge >= 0.3 is 0 Å². The average molecular weight is 407 g/mol. The maximum Gasteiger partial charge on any atom is 0.266 e. The molecule has 0 aromatic heterocycles. The van der Waals surface area contributed by atoms with Crippen molar-refractivity contribution in [1.82, 2.24) is 4.90 Å². The van der Waals surface area contributed by atoms with Crippen LogP contribution in [0.25, 0.3) is 6.08 Å². The van der Waals surface area contributed by atoms with Crippen molar-refractivity contribution in [1.29, 1.82) is 0 Å². The molecular weight excluding hydrogens is 395 g/mol. The molecule has 0 spiro atoms. The van der Waals surface area contributed by atoms with E-state index in [9.17, 15) is 14.3 Å². The topological polar surface area (TPSA) is 52.9 Å². The van der Waals surface area contributed by atoms with E-state index in [-0.39, 0.29) is 17.3 Å². The summed E-state index contributed by atoms with van der Waals surface area (Å²) in [4.78, 5) is 18.4.